The van der Waals surface area contributed by atoms with E-state index in [4.69, 9.17) is 5.73 Å². The molecule has 0 bridgehead atoms. The Labute approximate surface area is 74.3 Å². The lowest BCUT2D eigenvalue weighted by atomic mass is 10.2. The smallest absolute Gasteiger partial charge is 0.113 e. The van der Waals surface area contributed by atoms with Crippen molar-refractivity contribution in [2.24, 2.45) is 5.73 Å². The van der Waals surface area contributed by atoms with E-state index in [9.17, 15) is 0 Å². The van der Waals surface area contributed by atoms with Crippen molar-refractivity contribution in [3.8, 4) is 0 Å². The average Bonchev–Trinajstić information content (AvgIpc) is 2.03. The number of aromatic nitrogens is 1. The Hall–Kier alpha value is -0.670. The van der Waals surface area contributed by atoms with Gasteiger partial charge in [-0.15, -0.1) is 0 Å². The number of rotatable bonds is 2. The molecule has 0 aliphatic carbocycles. The predicted molar refractivity (Wildman–Crippen MR) is 50.0 cm³/mol. The SMILES string of the molecule is NC/C=C/c1cccnc1Br. The molecule has 0 fully saturated rings. The summed E-state index contributed by atoms with van der Waals surface area (Å²) in [5, 5.41) is 0. The first-order valence-electron chi connectivity index (χ1n) is 3.31. The highest BCUT2D eigenvalue weighted by Gasteiger charge is 1.92. The fraction of sp³-hybridized carbons (Fsp3) is 0.125. The lowest BCUT2D eigenvalue weighted by Crippen LogP contribution is -1.92. The van der Waals surface area contributed by atoms with Crippen LogP contribution in [0.5, 0.6) is 0 Å². The molecule has 3 heteroatoms. The van der Waals surface area contributed by atoms with Crippen LogP contribution in [0.3, 0.4) is 0 Å². The summed E-state index contributed by atoms with van der Waals surface area (Å²) in [4.78, 5) is 4.06. The van der Waals surface area contributed by atoms with E-state index in [1.165, 1.54) is 0 Å². The minimum Gasteiger partial charge on any atom is -0.327 e. The highest BCUT2D eigenvalue weighted by Crippen LogP contribution is 2.13. The van der Waals surface area contributed by atoms with Crippen LogP contribution in [0.15, 0.2) is 29.0 Å². The Morgan fingerprint density at radius 2 is 2.45 bits per heavy atom. The van der Waals surface area contributed by atoms with Crippen molar-refractivity contribution in [2.75, 3.05) is 6.54 Å². The van der Waals surface area contributed by atoms with Crippen molar-refractivity contribution in [2.45, 2.75) is 0 Å². The normalized spacial score (nSPS) is 10.7. The molecule has 2 N–H and O–H groups in total. The second-order valence-electron chi connectivity index (χ2n) is 2.02. The fourth-order valence-electron chi connectivity index (χ4n) is 0.718. The van der Waals surface area contributed by atoms with Crippen LogP contribution in [0.1, 0.15) is 5.56 Å². The summed E-state index contributed by atoms with van der Waals surface area (Å²) < 4.78 is 0.852. The Balaban J connectivity index is 2.86. The lowest BCUT2D eigenvalue weighted by Gasteiger charge is -1.94. The van der Waals surface area contributed by atoms with Crippen LogP contribution in [-0.4, -0.2) is 11.5 Å². The van der Waals surface area contributed by atoms with Gasteiger partial charge in [-0.05, 0) is 22.0 Å². The van der Waals surface area contributed by atoms with Gasteiger partial charge in [0.1, 0.15) is 4.60 Å². The summed E-state index contributed by atoms with van der Waals surface area (Å²) in [5.41, 5.74) is 6.36. The maximum Gasteiger partial charge on any atom is 0.113 e. The minimum atomic E-state index is 0.557. The van der Waals surface area contributed by atoms with Gasteiger partial charge in [0.2, 0.25) is 0 Å². The first kappa shape index (κ1) is 8.43. The van der Waals surface area contributed by atoms with Gasteiger partial charge in [-0.1, -0.05) is 18.2 Å². The molecule has 2 nitrogen and oxygen atoms in total. The molecule has 1 aromatic rings. The standard InChI is InChI=1S/C8H9BrN2/c9-8-7(3-1-5-10)4-2-6-11-8/h1-4,6H,5,10H2/b3-1+. The number of halogens is 1. The van der Waals surface area contributed by atoms with E-state index >= 15 is 0 Å². The molecule has 0 atom stereocenters. The van der Waals surface area contributed by atoms with Gasteiger partial charge in [0.15, 0.2) is 0 Å². The van der Waals surface area contributed by atoms with Crippen LogP contribution >= 0.6 is 15.9 Å². The first-order valence-corrected chi connectivity index (χ1v) is 4.11. The van der Waals surface area contributed by atoms with Crippen LogP contribution in [-0.2, 0) is 0 Å². The van der Waals surface area contributed by atoms with Gasteiger partial charge in [-0.25, -0.2) is 4.98 Å². The van der Waals surface area contributed by atoms with Gasteiger partial charge < -0.3 is 5.73 Å². The Morgan fingerprint density at radius 3 is 3.09 bits per heavy atom. The molecule has 11 heavy (non-hydrogen) atoms. The van der Waals surface area contributed by atoms with E-state index in [0.717, 1.165) is 10.2 Å². The minimum absolute atomic E-state index is 0.557. The molecule has 1 rings (SSSR count). The van der Waals surface area contributed by atoms with Crippen LogP contribution < -0.4 is 5.73 Å². The Kier molecular flexibility index (Phi) is 3.26. The topological polar surface area (TPSA) is 38.9 Å². The average molecular weight is 213 g/mol. The summed E-state index contributed by atoms with van der Waals surface area (Å²) in [7, 11) is 0. The van der Waals surface area contributed by atoms with E-state index in [2.05, 4.69) is 20.9 Å². The van der Waals surface area contributed by atoms with Crippen molar-refractivity contribution in [3.05, 3.63) is 34.6 Å². The molecule has 1 aromatic heterocycles. The van der Waals surface area contributed by atoms with Crippen molar-refractivity contribution in [1.82, 2.24) is 4.98 Å². The van der Waals surface area contributed by atoms with Crippen molar-refractivity contribution in [1.29, 1.82) is 0 Å². The van der Waals surface area contributed by atoms with Gasteiger partial charge in [0.25, 0.3) is 0 Å². The third-order valence-corrected chi connectivity index (χ3v) is 1.88. The zero-order chi connectivity index (χ0) is 8.10. The van der Waals surface area contributed by atoms with Gasteiger partial charge in [0, 0.05) is 18.3 Å². The number of hydrogen-bond donors (Lipinski definition) is 1. The first-order chi connectivity index (χ1) is 5.34. The number of hydrogen-bond acceptors (Lipinski definition) is 2. The molecule has 0 aliphatic rings. The van der Waals surface area contributed by atoms with E-state index in [0.29, 0.717) is 6.54 Å². The van der Waals surface area contributed by atoms with Gasteiger partial charge in [0.05, 0.1) is 0 Å². The van der Waals surface area contributed by atoms with E-state index in [1.807, 2.05) is 24.3 Å². The third-order valence-electron chi connectivity index (χ3n) is 1.22. The van der Waals surface area contributed by atoms with Gasteiger partial charge in [-0.2, -0.15) is 0 Å². The summed E-state index contributed by atoms with van der Waals surface area (Å²) in [6.45, 7) is 0.557. The summed E-state index contributed by atoms with van der Waals surface area (Å²) in [6.07, 6.45) is 5.57. The van der Waals surface area contributed by atoms with Crippen LogP contribution in [0.2, 0.25) is 0 Å². The van der Waals surface area contributed by atoms with E-state index in [1.54, 1.807) is 6.20 Å². The zero-order valence-corrected chi connectivity index (χ0v) is 7.58. The molecule has 0 aliphatic heterocycles. The molecule has 0 saturated heterocycles. The number of pyridine rings is 1. The van der Waals surface area contributed by atoms with Gasteiger partial charge in [-0.3, -0.25) is 0 Å². The molecule has 0 saturated carbocycles. The molecule has 1 heterocycles. The third kappa shape index (κ3) is 2.44. The molecule has 0 spiro atoms. The largest absolute Gasteiger partial charge is 0.327 e. The van der Waals surface area contributed by atoms with Crippen molar-refractivity contribution < 1.29 is 0 Å². The van der Waals surface area contributed by atoms with Gasteiger partial charge >= 0.3 is 0 Å². The van der Waals surface area contributed by atoms with Crippen LogP contribution in [0, 0.1) is 0 Å². The maximum absolute atomic E-state index is 5.30. The highest BCUT2D eigenvalue weighted by molar-refractivity contribution is 9.10. The lowest BCUT2D eigenvalue weighted by molar-refractivity contribution is 1.24. The maximum atomic E-state index is 5.30. The fourth-order valence-corrected chi connectivity index (χ4v) is 1.10. The molecule has 0 unspecified atom stereocenters. The molecular formula is C8H9BrN2. The van der Waals surface area contributed by atoms with Crippen molar-refractivity contribution in [3.63, 3.8) is 0 Å². The van der Waals surface area contributed by atoms with E-state index < -0.39 is 0 Å². The van der Waals surface area contributed by atoms with Crippen molar-refractivity contribution >= 4 is 22.0 Å². The second-order valence-corrected chi connectivity index (χ2v) is 2.77. The molecule has 0 aromatic carbocycles. The molecule has 58 valence electrons. The zero-order valence-electron chi connectivity index (χ0n) is 6.00. The van der Waals surface area contributed by atoms with Crippen LogP contribution in [0.4, 0.5) is 0 Å². The Bertz CT molecular complexity index is 258. The summed E-state index contributed by atoms with van der Waals surface area (Å²) in [6, 6.07) is 3.87. The predicted octanol–water partition coefficient (Wildman–Crippen LogP) is 1.82. The second kappa shape index (κ2) is 4.26. The van der Waals surface area contributed by atoms with E-state index in [-0.39, 0.29) is 0 Å². The number of nitrogens with zero attached hydrogens (tertiary/aromatic N) is 1. The summed E-state index contributed by atoms with van der Waals surface area (Å²) >= 11 is 3.32. The number of nitrogens with two attached hydrogens (primary N) is 1. The van der Waals surface area contributed by atoms with Crippen LogP contribution in [0.25, 0.3) is 6.08 Å². The molecule has 0 radical (unpaired) electrons. The Morgan fingerprint density at radius 1 is 1.64 bits per heavy atom. The summed E-state index contributed by atoms with van der Waals surface area (Å²) in [5.74, 6) is 0. The quantitative estimate of drug-likeness (QED) is 0.761. The monoisotopic (exact) mass is 212 g/mol. The molecular weight excluding hydrogens is 204 g/mol. The molecule has 0 amide bonds. The highest BCUT2D eigenvalue weighted by atomic mass is 79.9.